The maximum Gasteiger partial charge on any atom is 0.407 e. The van der Waals surface area contributed by atoms with Crippen molar-refractivity contribution in [2.24, 2.45) is 0 Å². The molecule has 1 atom stereocenters. The number of carbonyl (C=O) groups is 1. The van der Waals surface area contributed by atoms with Crippen LogP contribution in [0.15, 0.2) is 48.5 Å². The lowest BCUT2D eigenvalue weighted by Crippen LogP contribution is -2.49. The first-order valence-electron chi connectivity index (χ1n) is 10.7. The zero-order chi connectivity index (χ0) is 22.0. The maximum absolute atomic E-state index is 12.3. The van der Waals surface area contributed by atoms with E-state index in [1.165, 1.54) is 0 Å². The Balaban J connectivity index is 1.60. The van der Waals surface area contributed by atoms with Gasteiger partial charge in [-0.3, -0.25) is 0 Å². The van der Waals surface area contributed by atoms with Crippen molar-refractivity contribution in [1.29, 1.82) is 0 Å². The third-order valence-electron chi connectivity index (χ3n) is 5.35. The molecule has 7 heteroatoms. The number of amides is 1. The fourth-order valence-electron chi connectivity index (χ4n) is 4.01. The molecule has 164 valence electrons. The van der Waals surface area contributed by atoms with Crippen LogP contribution in [0.1, 0.15) is 39.2 Å². The lowest BCUT2D eigenvalue weighted by atomic mass is 10.1. The first-order chi connectivity index (χ1) is 14.8. The Kier molecular flexibility index (Phi) is 6.10. The Morgan fingerprint density at radius 1 is 1.19 bits per heavy atom. The number of benzene rings is 2. The first-order valence-corrected chi connectivity index (χ1v) is 11.1. The minimum Gasteiger partial charge on any atom is -0.444 e. The molecule has 1 fully saturated rings. The summed E-state index contributed by atoms with van der Waals surface area (Å²) >= 11 is 6.45. The van der Waals surface area contributed by atoms with E-state index >= 15 is 0 Å². The molecule has 1 amide bonds. The molecular weight excluding hydrogens is 412 g/mol. The summed E-state index contributed by atoms with van der Waals surface area (Å²) in [5, 5.41) is 3.77. The van der Waals surface area contributed by atoms with Crippen molar-refractivity contribution in [3.05, 3.63) is 59.1 Å². The van der Waals surface area contributed by atoms with E-state index in [4.69, 9.17) is 21.3 Å². The van der Waals surface area contributed by atoms with E-state index in [0.717, 1.165) is 47.0 Å². The van der Waals surface area contributed by atoms with Crippen molar-refractivity contribution in [2.75, 3.05) is 18.0 Å². The van der Waals surface area contributed by atoms with Crippen LogP contribution >= 0.6 is 11.6 Å². The summed E-state index contributed by atoms with van der Waals surface area (Å²) in [7, 11) is 0. The minimum absolute atomic E-state index is 0.0113. The lowest BCUT2D eigenvalue weighted by molar-refractivity contribution is 0.0500. The molecule has 0 saturated carbocycles. The van der Waals surface area contributed by atoms with Gasteiger partial charge in [-0.25, -0.2) is 9.78 Å². The molecule has 1 N–H and O–H groups in total. The van der Waals surface area contributed by atoms with Gasteiger partial charge in [0.15, 0.2) is 0 Å². The van der Waals surface area contributed by atoms with Gasteiger partial charge in [0.1, 0.15) is 5.60 Å². The lowest BCUT2D eigenvalue weighted by Gasteiger charge is -2.34. The number of ether oxygens (including phenoxy) is 1. The Hall–Kier alpha value is -2.73. The summed E-state index contributed by atoms with van der Waals surface area (Å²) in [4.78, 5) is 19.5. The number of nitrogens with one attached hydrogen (secondary N) is 1. The molecule has 1 saturated heterocycles. The monoisotopic (exact) mass is 440 g/mol. The predicted molar refractivity (Wildman–Crippen MR) is 125 cm³/mol. The Labute approximate surface area is 188 Å². The quantitative estimate of drug-likeness (QED) is 0.603. The van der Waals surface area contributed by atoms with Crippen molar-refractivity contribution in [3.63, 3.8) is 0 Å². The number of carbonyl (C=O) groups excluding carboxylic acids is 1. The van der Waals surface area contributed by atoms with Crippen molar-refractivity contribution < 1.29 is 9.53 Å². The molecule has 1 aromatic heterocycles. The van der Waals surface area contributed by atoms with E-state index in [2.05, 4.69) is 20.9 Å². The van der Waals surface area contributed by atoms with Crippen molar-refractivity contribution in [1.82, 2.24) is 14.9 Å². The number of alkyl carbamates (subject to hydrolysis) is 1. The van der Waals surface area contributed by atoms with Crippen LogP contribution < -0.4 is 10.2 Å². The Bertz CT molecular complexity index is 1070. The summed E-state index contributed by atoms with van der Waals surface area (Å²) in [6, 6.07) is 16.1. The average molecular weight is 441 g/mol. The van der Waals surface area contributed by atoms with Gasteiger partial charge in [0.25, 0.3) is 0 Å². The van der Waals surface area contributed by atoms with Gasteiger partial charge in [0.2, 0.25) is 5.95 Å². The number of imidazole rings is 1. The highest BCUT2D eigenvalue weighted by atomic mass is 35.5. The number of hydrogen-bond acceptors (Lipinski definition) is 4. The highest BCUT2D eigenvalue weighted by Crippen LogP contribution is 2.28. The van der Waals surface area contributed by atoms with Crippen LogP contribution in [0.4, 0.5) is 10.7 Å². The number of hydrogen-bond donors (Lipinski definition) is 1. The second-order valence-electron chi connectivity index (χ2n) is 9.01. The van der Waals surface area contributed by atoms with Crippen molar-refractivity contribution in [3.8, 4) is 0 Å². The van der Waals surface area contributed by atoms with Crippen LogP contribution in [0.25, 0.3) is 11.0 Å². The van der Waals surface area contributed by atoms with Gasteiger partial charge in [-0.15, -0.1) is 0 Å². The highest BCUT2D eigenvalue weighted by molar-refractivity contribution is 6.31. The maximum atomic E-state index is 12.3. The molecule has 0 radical (unpaired) electrons. The summed E-state index contributed by atoms with van der Waals surface area (Å²) in [5.41, 5.74) is 2.56. The predicted octanol–water partition coefficient (Wildman–Crippen LogP) is 5.23. The number of nitrogens with zero attached hydrogens (tertiary/aromatic N) is 3. The van der Waals surface area contributed by atoms with Gasteiger partial charge in [-0.1, -0.05) is 41.9 Å². The first kappa shape index (κ1) is 21.5. The summed E-state index contributed by atoms with van der Waals surface area (Å²) in [6.45, 7) is 7.82. The molecule has 2 aromatic carbocycles. The smallest absolute Gasteiger partial charge is 0.407 e. The summed E-state index contributed by atoms with van der Waals surface area (Å²) < 4.78 is 7.66. The van der Waals surface area contributed by atoms with E-state index in [0.29, 0.717) is 13.1 Å². The topological polar surface area (TPSA) is 59.4 Å². The van der Waals surface area contributed by atoms with E-state index in [-0.39, 0.29) is 12.1 Å². The van der Waals surface area contributed by atoms with Gasteiger partial charge in [-0.2, -0.15) is 0 Å². The molecule has 2 heterocycles. The van der Waals surface area contributed by atoms with E-state index in [1.54, 1.807) is 0 Å². The van der Waals surface area contributed by atoms with Crippen molar-refractivity contribution >= 4 is 34.7 Å². The zero-order valence-electron chi connectivity index (χ0n) is 18.3. The fourth-order valence-corrected chi connectivity index (χ4v) is 4.20. The molecule has 0 aliphatic carbocycles. The number of rotatable bonds is 4. The molecule has 4 rings (SSSR count). The molecule has 0 spiro atoms. The number of aromatic nitrogens is 2. The average Bonchev–Trinajstić information content (AvgIpc) is 3.07. The van der Waals surface area contributed by atoms with Crippen LogP contribution in [0, 0.1) is 0 Å². The summed E-state index contributed by atoms with van der Waals surface area (Å²) in [6.07, 6.45) is 1.51. The fraction of sp³-hybridized carbons (Fsp3) is 0.417. The zero-order valence-corrected chi connectivity index (χ0v) is 19.0. The Morgan fingerprint density at radius 3 is 2.71 bits per heavy atom. The molecule has 31 heavy (non-hydrogen) atoms. The van der Waals surface area contributed by atoms with Gasteiger partial charge < -0.3 is 19.5 Å². The molecule has 0 bridgehead atoms. The van der Waals surface area contributed by atoms with Crippen LogP contribution in [-0.2, 0) is 11.3 Å². The van der Waals surface area contributed by atoms with Gasteiger partial charge in [0.05, 0.1) is 17.6 Å². The van der Waals surface area contributed by atoms with E-state index in [9.17, 15) is 4.79 Å². The van der Waals surface area contributed by atoms with Gasteiger partial charge in [-0.05, 0) is 57.4 Å². The highest BCUT2D eigenvalue weighted by Gasteiger charge is 2.27. The number of halogens is 1. The van der Waals surface area contributed by atoms with E-state index in [1.807, 2.05) is 63.2 Å². The molecule has 6 nitrogen and oxygen atoms in total. The third-order valence-corrected chi connectivity index (χ3v) is 5.71. The number of para-hydroxylation sites is 2. The second-order valence-corrected chi connectivity index (χ2v) is 9.42. The largest absolute Gasteiger partial charge is 0.444 e. The van der Waals surface area contributed by atoms with Gasteiger partial charge >= 0.3 is 6.09 Å². The van der Waals surface area contributed by atoms with Gasteiger partial charge in [0, 0.05) is 24.2 Å². The number of anilines is 1. The van der Waals surface area contributed by atoms with Crippen LogP contribution in [0.3, 0.4) is 0 Å². The number of piperidine rings is 1. The van der Waals surface area contributed by atoms with Crippen LogP contribution in [-0.4, -0.2) is 40.4 Å². The Morgan fingerprint density at radius 2 is 1.94 bits per heavy atom. The van der Waals surface area contributed by atoms with Crippen LogP contribution in [0.2, 0.25) is 5.02 Å². The summed E-state index contributed by atoms with van der Waals surface area (Å²) in [5.74, 6) is 0.900. The normalized spacial score (nSPS) is 17.0. The standard InChI is InChI=1S/C24H29ClN4O2/c1-24(2,3)31-23(30)26-18-10-8-14-28(16-18)22-27-20-12-6-7-13-21(20)29(22)15-17-9-4-5-11-19(17)25/h4-7,9,11-13,18H,8,10,14-16H2,1-3H3,(H,26,30)/t18-/m0/s1. The van der Waals surface area contributed by atoms with Crippen molar-refractivity contribution in [2.45, 2.75) is 51.8 Å². The van der Waals surface area contributed by atoms with Crippen LogP contribution in [0.5, 0.6) is 0 Å². The second kappa shape index (κ2) is 8.79. The molecule has 1 aliphatic rings. The molecule has 0 unspecified atom stereocenters. The SMILES string of the molecule is CC(C)(C)OC(=O)N[C@H]1CCCN(c2nc3ccccc3n2Cc2ccccc2Cl)C1. The minimum atomic E-state index is -0.513. The molecule has 1 aliphatic heterocycles. The number of fused-ring (bicyclic) bond motifs is 1. The molecule has 3 aromatic rings. The van der Waals surface area contributed by atoms with E-state index < -0.39 is 5.60 Å². The third kappa shape index (κ3) is 5.13. The molecular formula is C24H29ClN4O2.